The molecule has 3 nitrogen and oxygen atoms in total. The molecule has 0 aliphatic carbocycles. The molecule has 0 radical (unpaired) electrons. The van der Waals surface area contributed by atoms with E-state index in [1.807, 2.05) is 12.3 Å². The van der Waals surface area contributed by atoms with Gasteiger partial charge in [-0.15, -0.1) is 0 Å². The van der Waals surface area contributed by atoms with Crippen LogP contribution in [0.25, 0.3) is 0 Å². The molecule has 1 N–H and O–H groups in total. The van der Waals surface area contributed by atoms with Gasteiger partial charge in [-0.3, -0.25) is 0 Å². The Labute approximate surface area is 123 Å². The number of benzene rings is 1. The predicted octanol–water partition coefficient (Wildman–Crippen LogP) is 3.75. The van der Waals surface area contributed by atoms with Crippen molar-refractivity contribution in [1.29, 1.82) is 0 Å². The second-order valence-electron chi connectivity index (χ2n) is 4.52. The van der Waals surface area contributed by atoms with Crippen LogP contribution in [0, 0.1) is 0 Å². The van der Waals surface area contributed by atoms with Gasteiger partial charge in [-0.1, -0.05) is 41.9 Å². The molecule has 2 rings (SSSR count). The summed E-state index contributed by atoms with van der Waals surface area (Å²) in [4.78, 5) is 4.54. The van der Waals surface area contributed by atoms with Crippen LogP contribution in [0.15, 0.2) is 41.1 Å². The first-order chi connectivity index (χ1) is 9.26. The predicted molar refractivity (Wildman–Crippen MR) is 82.2 cm³/mol. The van der Waals surface area contributed by atoms with Gasteiger partial charge < -0.3 is 9.88 Å². The van der Waals surface area contributed by atoms with Crippen molar-refractivity contribution in [2.45, 2.75) is 32.9 Å². The van der Waals surface area contributed by atoms with Gasteiger partial charge >= 0.3 is 0 Å². The third kappa shape index (κ3) is 3.45. The van der Waals surface area contributed by atoms with Crippen LogP contribution in [-0.4, -0.2) is 16.1 Å². The van der Waals surface area contributed by atoms with Crippen molar-refractivity contribution in [3.8, 4) is 0 Å². The molecular weight excluding hydrogens is 302 g/mol. The van der Waals surface area contributed by atoms with Crippen molar-refractivity contribution in [2.75, 3.05) is 6.54 Å². The Morgan fingerprint density at radius 1 is 1.37 bits per heavy atom. The smallest absolute Gasteiger partial charge is 0.130 e. The van der Waals surface area contributed by atoms with E-state index in [0.29, 0.717) is 0 Å². The monoisotopic (exact) mass is 321 g/mol. The molecule has 0 saturated heterocycles. The van der Waals surface area contributed by atoms with Crippen molar-refractivity contribution >= 4 is 15.9 Å². The van der Waals surface area contributed by atoms with E-state index in [9.17, 15) is 0 Å². The summed E-state index contributed by atoms with van der Waals surface area (Å²) in [7, 11) is 0. The van der Waals surface area contributed by atoms with E-state index in [-0.39, 0.29) is 6.04 Å². The van der Waals surface area contributed by atoms with Crippen LogP contribution in [0.3, 0.4) is 0 Å². The summed E-state index contributed by atoms with van der Waals surface area (Å²) in [5.74, 6) is 1.09. The number of hydrogen-bond acceptors (Lipinski definition) is 2. The fraction of sp³-hybridized carbons (Fsp3) is 0.400. The molecule has 0 amide bonds. The van der Waals surface area contributed by atoms with Gasteiger partial charge in [-0.2, -0.15) is 0 Å². The van der Waals surface area contributed by atoms with E-state index in [1.54, 1.807) is 0 Å². The Morgan fingerprint density at radius 3 is 2.89 bits per heavy atom. The fourth-order valence-electron chi connectivity index (χ4n) is 2.26. The minimum atomic E-state index is 0.143. The number of aryl methyl sites for hydroxylation is 1. The zero-order valence-corrected chi connectivity index (χ0v) is 13.0. The van der Waals surface area contributed by atoms with E-state index < -0.39 is 0 Å². The largest absolute Gasteiger partial charge is 0.333 e. The minimum Gasteiger partial charge on any atom is -0.333 e. The summed E-state index contributed by atoms with van der Waals surface area (Å²) >= 11 is 3.54. The second-order valence-corrected chi connectivity index (χ2v) is 5.44. The third-order valence-corrected chi connectivity index (χ3v) is 3.55. The number of imidazole rings is 1. The van der Waals surface area contributed by atoms with Crippen LogP contribution in [0.1, 0.15) is 37.7 Å². The van der Waals surface area contributed by atoms with Crippen LogP contribution in [0.4, 0.5) is 0 Å². The van der Waals surface area contributed by atoms with Gasteiger partial charge in [0.1, 0.15) is 5.82 Å². The van der Waals surface area contributed by atoms with Crippen LogP contribution in [0.5, 0.6) is 0 Å². The van der Waals surface area contributed by atoms with E-state index >= 15 is 0 Å². The topological polar surface area (TPSA) is 29.9 Å². The maximum atomic E-state index is 4.54. The first-order valence-corrected chi connectivity index (χ1v) is 7.55. The molecule has 0 bridgehead atoms. The molecule has 0 fully saturated rings. The highest BCUT2D eigenvalue weighted by Gasteiger charge is 2.18. The first kappa shape index (κ1) is 14.3. The Hall–Kier alpha value is -1.13. The Bertz CT molecular complexity index is 522. The van der Waals surface area contributed by atoms with Crippen molar-refractivity contribution in [3.05, 3.63) is 52.5 Å². The van der Waals surface area contributed by atoms with Gasteiger partial charge in [-0.25, -0.2) is 4.98 Å². The summed E-state index contributed by atoms with van der Waals surface area (Å²) in [5, 5.41) is 3.52. The molecule has 1 atom stereocenters. The van der Waals surface area contributed by atoms with Crippen LogP contribution in [0.2, 0.25) is 0 Å². The summed E-state index contributed by atoms with van der Waals surface area (Å²) in [6.07, 6.45) is 5.05. The summed E-state index contributed by atoms with van der Waals surface area (Å²) in [6.45, 7) is 6.23. The van der Waals surface area contributed by atoms with Crippen molar-refractivity contribution in [1.82, 2.24) is 14.9 Å². The van der Waals surface area contributed by atoms with E-state index in [4.69, 9.17) is 0 Å². The SMILES string of the molecule is CCCn1ccnc1C(NCC)c1cccc(Br)c1. The lowest BCUT2D eigenvalue weighted by molar-refractivity contribution is 0.544. The Kier molecular flexibility index (Phi) is 5.16. The zero-order valence-electron chi connectivity index (χ0n) is 11.4. The molecule has 0 spiro atoms. The number of nitrogens with zero attached hydrogens (tertiary/aromatic N) is 2. The van der Waals surface area contributed by atoms with Gasteiger partial charge in [0.05, 0.1) is 6.04 Å². The summed E-state index contributed by atoms with van der Waals surface area (Å²) in [6, 6.07) is 8.55. The molecule has 19 heavy (non-hydrogen) atoms. The van der Waals surface area contributed by atoms with Crippen molar-refractivity contribution in [2.24, 2.45) is 0 Å². The average molecular weight is 322 g/mol. The molecule has 1 aromatic carbocycles. The summed E-state index contributed by atoms with van der Waals surface area (Å²) < 4.78 is 3.33. The second kappa shape index (κ2) is 6.87. The average Bonchev–Trinajstić information content (AvgIpc) is 2.84. The number of rotatable bonds is 6. The highest BCUT2D eigenvalue weighted by Crippen LogP contribution is 2.23. The maximum Gasteiger partial charge on any atom is 0.130 e. The molecule has 2 aromatic rings. The number of halogens is 1. The molecule has 102 valence electrons. The Morgan fingerprint density at radius 2 is 2.21 bits per heavy atom. The van der Waals surface area contributed by atoms with Crippen LogP contribution >= 0.6 is 15.9 Å². The first-order valence-electron chi connectivity index (χ1n) is 6.76. The fourth-order valence-corrected chi connectivity index (χ4v) is 2.68. The molecule has 4 heteroatoms. The van der Waals surface area contributed by atoms with Crippen molar-refractivity contribution in [3.63, 3.8) is 0 Å². The lowest BCUT2D eigenvalue weighted by Gasteiger charge is -2.19. The molecule has 1 aromatic heterocycles. The highest BCUT2D eigenvalue weighted by molar-refractivity contribution is 9.10. The normalized spacial score (nSPS) is 12.6. The van der Waals surface area contributed by atoms with Gasteiger partial charge in [-0.05, 0) is 30.7 Å². The zero-order chi connectivity index (χ0) is 13.7. The van der Waals surface area contributed by atoms with Gasteiger partial charge in [0.2, 0.25) is 0 Å². The lowest BCUT2D eigenvalue weighted by atomic mass is 10.1. The van der Waals surface area contributed by atoms with Crippen LogP contribution < -0.4 is 5.32 Å². The van der Waals surface area contributed by atoms with E-state index in [1.165, 1.54) is 5.56 Å². The van der Waals surface area contributed by atoms with Crippen LogP contribution in [-0.2, 0) is 6.54 Å². The molecule has 0 aliphatic rings. The Balaban J connectivity index is 2.36. The maximum absolute atomic E-state index is 4.54. The van der Waals surface area contributed by atoms with E-state index in [2.05, 4.69) is 69.0 Å². The molecular formula is C15H20BrN3. The molecule has 1 heterocycles. The molecule has 1 unspecified atom stereocenters. The third-order valence-electron chi connectivity index (χ3n) is 3.06. The van der Waals surface area contributed by atoms with Gasteiger partial charge in [0, 0.05) is 23.4 Å². The lowest BCUT2D eigenvalue weighted by Crippen LogP contribution is -2.25. The van der Waals surface area contributed by atoms with E-state index in [0.717, 1.165) is 29.8 Å². The van der Waals surface area contributed by atoms with Gasteiger partial charge in [0.15, 0.2) is 0 Å². The minimum absolute atomic E-state index is 0.143. The summed E-state index contributed by atoms with van der Waals surface area (Å²) in [5.41, 5.74) is 1.24. The molecule has 0 saturated carbocycles. The number of nitrogens with one attached hydrogen (secondary N) is 1. The number of aromatic nitrogens is 2. The standard InChI is InChI=1S/C15H20BrN3/c1-3-9-19-10-8-18-15(19)14(17-4-2)12-6-5-7-13(16)11-12/h5-8,10-11,14,17H,3-4,9H2,1-2H3. The quantitative estimate of drug-likeness (QED) is 0.878. The number of hydrogen-bond donors (Lipinski definition) is 1. The highest BCUT2D eigenvalue weighted by atomic mass is 79.9. The van der Waals surface area contributed by atoms with Gasteiger partial charge in [0.25, 0.3) is 0 Å². The molecule has 0 aliphatic heterocycles. The van der Waals surface area contributed by atoms with Crippen molar-refractivity contribution < 1.29 is 0 Å².